The van der Waals surface area contributed by atoms with Gasteiger partial charge in [0.05, 0.1) is 29.2 Å². The number of carbonyl (C=O) groups excluding carboxylic acids is 1. The van der Waals surface area contributed by atoms with Crippen molar-refractivity contribution in [3.05, 3.63) is 58.5 Å². The van der Waals surface area contributed by atoms with Crippen molar-refractivity contribution in [2.24, 2.45) is 0 Å². The second kappa shape index (κ2) is 4.42. The molecule has 0 spiro atoms. The van der Waals surface area contributed by atoms with Gasteiger partial charge in [0.25, 0.3) is 0 Å². The lowest BCUT2D eigenvalue weighted by Crippen LogP contribution is -2.16. The van der Waals surface area contributed by atoms with Crippen LogP contribution in [0.1, 0.15) is 10.4 Å². The van der Waals surface area contributed by atoms with Crippen molar-refractivity contribution in [2.75, 3.05) is 7.11 Å². The van der Waals surface area contributed by atoms with Gasteiger partial charge in [0.2, 0.25) is 0 Å². The Balaban J connectivity index is 2.16. The van der Waals surface area contributed by atoms with Gasteiger partial charge in [-0.3, -0.25) is 0 Å². The number of aromatic amines is 1. The van der Waals surface area contributed by atoms with E-state index >= 15 is 0 Å². The monoisotopic (exact) mass is 293 g/mol. The van der Waals surface area contributed by atoms with E-state index in [0.717, 1.165) is 16.4 Å². The van der Waals surface area contributed by atoms with Crippen LogP contribution in [0.25, 0.3) is 27.6 Å². The predicted octanol–water partition coefficient (Wildman–Crippen LogP) is 2.12. The van der Waals surface area contributed by atoms with Crippen molar-refractivity contribution in [1.29, 1.82) is 0 Å². The molecule has 0 aliphatic heterocycles. The number of esters is 1. The number of nitrogens with zero attached hydrogens (tertiary/aromatic N) is 2. The first kappa shape index (κ1) is 12.6. The number of aromatic nitrogens is 3. The number of hydrogen-bond acceptors (Lipinski definition) is 4. The first-order valence-electron chi connectivity index (χ1n) is 6.70. The lowest BCUT2D eigenvalue weighted by Gasteiger charge is -2.03. The van der Waals surface area contributed by atoms with Crippen LogP contribution in [0.3, 0.4) is 0 Å². The molecule has 22 heavy (non-hydrogen) atoms. The van der Waals surface area contributed by atoms with Gasteiger partial charge in [-0.15, -0.1) is 0 Å². The van der Waals surface area contributed by atoms with Crippen LogP contribution < -0.4 is 5.69 Å². The lowest BCUT2D eigenvalue weighted by molar-refractivity contribution is 0.0601. The maximum absolute atomic E-state index is 12.4. The van der Waals surface area contributed by atoms with Gasteiger partial charge in [-0.25, -0.2) is 19.0 Å². The molecule has 2 aromatic carbocycles. The van der Waals surface area contributed by atoms with Crippen LogP contribution in [0.4, 0.5) is 0 Å². The molecule has 4 rings (SSSR count). The van der Waals surface area contributed by atoms with Crippen molar-refractivity contribution in [3.8, 4) is 0 Å². The van der Waals surface area contributed by atoms with Gasteiger partial charge in [0.15, 0.2) is 5.65 Å². The second-order valence-corrected chi connectivity index (χ2v) is 4.94. The quantitative estimate of drug-likeness (QED) is 0.545. The Bertz CT molecular complexity index is 1110. The van der Waals surface area contributed by atoms with Crippen LogP contribution >= 0.6 is 0 Å². The first-order chi connectivity index (χ1) is 10.7. The molecule has 2 heterocycles. The van der Waals surface area contributed by atoms with Gasteiger partial charge in [-0.1, -0.05) is 12.1 Å². The minimum Gasteiger partial charge on any atom is -0.465 e. The van der Waals surface area contributed by atoms with Crippen molar-refractivity contribution in [2.45, 2.75) is 0 Å². The Labute approximate surface area is 124 Å². The Hall–Kier alpha value is -3.15. The summed E-state index contributed by atoms with van der Waals surface area (Å²) in [7, 11) is 1.32. The number of hydrogen-bond donors (Lipinski definition) is 1. The summed E-state index contributed by atoms with van der Waals surface area (Å²) >= 11 is 0. The Morgan fingerprint density at radius 1 is 1.23 bits per heavy atom. The summed E-state index contributed by atoms with van der Waals surface area (Å²) in [6, 6.07) is 12.5. The summed E-state index contributed by atoms with van der Waals surface area (Å²) in [5.74, 6) is -0.448. The Morgan fingerprint density at radius 3 is 2.86 bits per heavy atom. The van der Waals surface area contributed by atoms with Crippen molar-refractivity contribution >= 4 is 33.6 Å². The Morgan fingerprint density at radius 2 is 2.05 bits per heavy atom. The summed E-state index contributed by atoms with van der Waals surface area (Å²) < 4.78 is 6.24. The zero-order chi connectivity index (χ0) is 15.3. The topological polar surface area (TPSA) is 76.5 Å². The van der Waals surface area contributed by atoms with Crippen LogP contribution in [0.5, 0.6) is 0 Å². The predicted molar refractivity (Wildman–Crippen MR) is 82.2 cm³/mol. The molecule has 0 amide bonds. The summed E-state index contributed by atoms with van der Waals surface area (Å²) in [6.07, 6.45) is 0. The summed E-state index contributed by atoms with van der Waals surface area (Å²) in [5.41, 5.74) is 2.70. The fourth-order valence-corrected chi connectivity index (χ4v) is 2.67. The average molecular weight is 293 g/mol. The zero-order valence-corrected chi connectivity index (χ0v) is 11.7. The lowest BCUT2D eigenvalue weighted by atomic mass is 10.1. The van der Waals surface area contributed by atoms with Crippen molar-refractivity contribution in [3.63, 3.8) is 0 Å². The molecule has 1 N–H and O–H groups in total. The fourth-order valence-electron chi connectivity index (χ4n) is 2.67. The number of ether oxygens (including phenoxy) is 1. The molecule has 0 atom stereocenters. The van der Waals surface area contributed by atoms with E-state index in [4.69, 9.17) is 4.74 Å². The summed E-state index contributed by atoms with van der Waals surface area (Å²) in [6.45, 7) is 0. The van der Waals surface area contributed by atoms with E-state index in [1.807, 2.05) is 24.3 Å². The van der Waals surface area contributed by atoms with Crippen LogP contribution in [0, 0.1) is 0 Å². The van der Waals surface area contributed by atoms with E-state index in [0.29, 0.717) is 16.7 Å². The molecule has 0 saturated heterocycles. The van der Waals surface area contributed by atoms with Crippen LogP contribution in [-0.2, 0) is 4.74 Å². The smallest absolute Gasteiger partial charge is 0.337 e. The normalized spacial score (nSPS) is 11.3. The number of para-hydroxylation sites is 2. The number of H-pyrrole nitrogens is 1. The van der Waals surface area contributed by atoms with Gasteiger partial charge >= 0.3 is 11.7 Å². The number of imidazole rings is 1. The van der Waals surface area contributed by atoms with Gasteiger partial charge in [-0.2, -0.15) is 0 Å². The highest BCUT2D eigenvalue weighted by atomic mass is 16.5. The molecule has 0 unspecified atom stereocenters. The zero-order valence-electron chi connectivity index (χ0n) is 11.7. The van der Waals surface area contributed by atoms with Gasteiger partial charge in [0.1, 0.15) is 0 Å². The largest absolute Gasteiger partial charge is 0.465 e. The molecule has 0 fully saturated rings. The third-order valence-electron chi connectivity index (χ3n) is 3.69. The highest BCUT2D eigenvalue weighted by molar-refractivity contribution is 6.00. The molecule has 0 aliphatic rings. The number of carbonyl (C=O) groups is 1. The van der Waals surface area contributed by atoms with Gasteiger partial charge in [-0.05, 0) is 30.3 Å². The van der Waals surface area contributed by atoms with Crippen LogP contribution in [0.2, 0.25) is 0 Å². The molecular weight excluding hydrogens is 282 g/mol. The summed E-state index contributed by atoms with van der Waals surface area (Å²) in [4.78, 5) is 31.3. The number of fused-ring (bicyclic) bond motifs is 5. The molecule has 0 radical (unpaired) electrons. The van der Waals surface area contributed by atoms with Crippen LogP contribution in [0.15, 0.2) is 47.3 Å². The molecular formula is C16H11N3O3. The SMILES string of the molecule is COC(=O)c1ccc2c(c1)[nH]c(=O)n1c3ccccc3nc21. The van der Waals surface area contributed by atoms with E-state index in [2.05, 4.69) is 9.97 Å². The highest BCUT2D eigenvalue weighted by Crippen LogP contribution is 2.22. The number of rotatable bonds is 1. The van der Waals surface area contributed by atoms with Crippen molar-refractivity contribution in [1.82, 2.24) is 14.4 Å². The number of methoxy groups -OCH3 is 1. The number of nitrogens with one attached hydrogen (secondary N) is 1. The minimum absolute atomic E-state index is 0.293. The molecule has 0 aliphatic carbocycles. The van der Waals surface area contributed by atoms with Crippen LogP contribution in [-0.4, -0.2) is 27.4 Å². The second-order valence-electron chi connectivity index (χ2n) is 4.94. The van der Waals surface area contributed by atoms with E-state index in [1.165, 1.54) is 11.5 Å². The third kappa shape index (κ3) is 1.64. The molecule has 6 nitrogen and oxygen atoms in total. The van der Waals surface area contributed by atoms with E-state index in [-0.39, 0.29) is 5.69 Å². The highest BCUT2D eigenvalue weighted by Gasteiger charge is 2.13. The molecule has 0 saturated carbocycles. The Kier molecular flexibility index (Phi) is 2.53. The van der Waals surface area contributed by atoms with Gasteiger partial charge < -0.3 is 9.72 Å². The van der Waals surface area contributed by atoms with E-state index in [1.54, 1.807) is 18.2 Å². The number of benzene rings is 2. The maximum Gasteiger partial charge on any atom is 0.337 e. The molecule has 108 valence electrons. The van der Waals surface area contributed by atoms with Gasteiger partial charge in [0, 0.05) is 5.39 Å². The average Bonchev–Trinajstić information content (AvgIpc) is 2.94. The van der Waals surface area contributed by atoms with E-state index < -0.39 is 5.97 Å². The maximum atomic E-state index is 12.4. The molecule has 2 aromatic heterocycles. The molecule has 4 aromatic rings. The molecule has 6 heteroatoms. The standard InChI is InChI=1S/C16H11N3O3/c1-22-15(20)9-6-7-10-12(8-9)18-16(21)19-13-5-3-2-4-11(13)17-14(10)19/h2-8H,1H3,(H,18,21). The minimum atomic E-state index is -0.448. The third-order valence-corrected chi connectivity index (χ3v) is 3.69. The molecule has 0 bridgehead atoms. The first-order valence-corrected chi connectivity index (χ1v) is 6.70. The summed E-state index contributed by atoms with van der Waals surface area (Å²) in [5, 5.41) is 0.767. The van der Waals surface area contributed by atoms with E-state index in [9.17, 15) is 9.59 Å². The van der Waals surface area contributed by atoms with Crippen molar-refractivity contribution < 1.29 is 9.53 Å². The fraction of sp³-hybridized carbons (Fsp3) is 0.0625.